The number of anilines is 1. The Morgan fingerprint density at radius 1 is 1.13 bits per heavy atom. The SMILES string of the molecule is COCc1cc(C)nc(N/N=C\c2cccc(OCc3ccccc3Cl)c2)c1C#N. The minimum absolute atomic E-state index is 0.329. The highest BCUT2D eigenvalue weighted by Crippen LogP contribution is 2.20. The highest BCUT2D eigenvalue weighted by Gasteiger charge is 2.10. The summed E-state index contributed by atoms with van der Waals surface area (Å²) < 4.78 is 11.0. The third-order valence-corrected chi connectivity index (χ3v) is 4.60. The monoisotopic (exact) mass is 420 g/mol. The number of halogens is 1. The predicted octanol–water partition coefficient (Wildman–Crippen LogP) is 5.09. The number of nitrogens with one attached hydrogen (secondary N) is 1. The van der Waals surface area contributed by atoms with Crippen molar-refractivity contribution >= 4 is 23.6 Å². The van der Waals surface area contributed by atoms with Crippen molar-refractivity contribution in [2.45, 2.75) is 20.1 Å². The van der Waals surface area contributed by atoms with E-state index >= 15 is 0 Å². The first-order valence-corrected chi connectivity index (χ1v) is 9.63. The maximum Gasteiger partial charge on any atom is 0.164 e. The van der Waals surface area contributed by atoms with Crippen molar-refractivity contribution in [3.8, 4) is 11.8 Å². The van der Waals surface area contributed by atoms with Crippen LogP contribution < -0.4 is 10.2 Å². The van der Waals surface area contributed by atoms with Crippen LogP contribution in [0.2, 0.25) is 5.02 Å². The molecule has 6 nitrogen and oxygen atoms in total. The number of hydrazone groups is 1. The fourth-order valence-electron chi connectivity index (χ4n) is 2.85. The van der Waals surface area contributed by atoms with Gasteiger partial charge in [-0.1, -0.05) is 41.9 Å². The van der Waals surface area contributed by atoms with Crippen LogP contribution in [-0.4, -0.2) is 18.3 Å². The van der Waals surface area contributed by atoms with Crippen LogP contribution in [-0.2, 0) is 18.0 Å². The second-order valence-electron chi connectivity index (χ2n) is 6.51. The molecule has 0 atom stereocenters. The van der Waals surface area contributed by atoms with Crippen molar-refractivity contribution in [2.24, 2.45) is 5.10 Å². The van der Waals surface area contributed by atoms with Gasteiger partial charge in [-0.25, -0.2) is 4.98 Å². The Bertz CT molecular complexity index is 1090. The van der Waals surface area contributed by atoms with E-state index in [1.54, 1.807) is 13.3 Å². The Hall–Kier alpha value is -3.40. The molecular weight excluding hydrogens is 400 g/mol. The van der Waals surface area contributed by atoms with Gasteiger partial charge < -0.3 is 9.47 Å². The van der Waals surface area contributed by atoms with Crippen molar-refractivity contribution in [1.82, 2.24) is 4.98 Å². The number of benzene rings is 2. The van der Waals surface area contributed by atoms with E-state index in [1.165, 1.54) is 0 Å². The molecule has 0 fully saturated rings. The fraction of sp³-hybridized carbons (Fsp3) is 0.174. The molecule has 152 valence electrons. The molecule has 0 amide bonds. The second-order valence-corrected chi connectivity index (χ2v) is 6.92. The van der Waals surface area contributed by atoms with Gasteiger partial charge in [0, 0.05) is 29.0 Å². The number of aromatic nitrogens is 1. The first kappa shape index (κ1) is 21.3. The third kappa shape index (κ3) is 5.57. The van der Waals surface area contributed by atoms with E-state index in [9.17, 15) is 5.26 Å². The fourth-order valence-corrected chi connectivity index (χ4v) is 3.04. The average molecular weight is 421 g/mol. The maximum absolute atomic E-state index is 9.48. The van der Waals surface area contributed by atoms with Crippen LogP contribution in [0.15, 0.2) is 59.7 Å². The summed E-state index contributed by atoms with van der Waals surface area (Å²) in [6.07, 6.45) is 1.64. The predicted molar refractivity (Wildman–Crippen MR) is 118 cm³/mol. The van der Waals surface area contributed by atoms with Crippen LogP contribution in [0, 0.1) is 18.3 Å². The van der Waals surface area contributed by atoms with E-state index in [-0.39, 0.29) is 0 Å². The van der Waals surface area contributed by atoms with Crippen molar-refractivity contribution in [1.29, 1.82) is 5.26 Å². The van der Waals surface area contributed by atoms with Crippen LogP contribution >= 0.6 is 11.6 Å². The van der Waals surface area contributed by atoms with Gasteiger partial charge >= 0.3 is 0 Å². The topological polar surface area (TPSA) is 79.5 Å². The molecule has 1 N–H and O–H groups in total. The average Bonchev–Trinajstić information content (AvgIpc) is 2.74. The molecule has 0 unspecified atom stereocenters. The first-order chi connectivity index (χ1) is 14.6. The van der Waals surface area contributed by atoms with E-state index in [2.05, 4.69) is 21.6 Å². The summed E-state index contributed by atoms with van der Waals surface area (Å²) >= 11 is 6.17. The van der Waals surface area contributed by atoms with Gasteiger partial charge in [-0.15, -0.1) is 0 Å². The lowest BCUT2D eigenvalue weighted by Gasteiger charge is -2.09. The summed E-state index contributed by atoms with van der Waals surface area (Å²) in [7, 11) is 1.59. The van der Waals surface area contributed by atoms with E-state index in [4.69, 9.17) is 21.1 Å². The smallest absolute Gasteiger partial charge is 0.164 e. The number of pyridine rings is 1. The van der Waals surface area contributed by atoms with Crippen molar-refractivity contribution in [2.75, 3.05) is 12.5 Å². The standard InChI is InChI=1S/C23H21ClN4O2/c1-16-10-19(14-29-2)21(12-25)23(27-16)28-26-13-17-6-5-8-20(11-17)30-15-18-7-3-4-9-22(18)24/h3-11,13H,14-15H2,1-2H3,(H,27,28)/b26-13-. The Morgan fingerprint density at radius 3 is 2.73 bits per heavy atom. The lowest BCUT2D eigenvalue weighted by Crippen LogP contribution is -2.03. The number of nitrogens with zero attached hydrogens (tertiary/aromatic N) is 3. The Kier molecular flexibility index (Phi) is 7.39. The molecule has 0 aliphatic heterocycles. The number of ether oxygens (including phenoxy) is 2. The number of rotatable bonds is 8. The lowest BCUT2D eigenvalue weighted by molar-refractivity contribution is 0.184. The van der Waals surface area contributed by atoms with Gasteiger partial charge in [0.25, 0.3) is 0 Å². The molecule has 1 aromatic heterocycles. The van der Waals surface area contributed by atoms with Crippen molar-refractivity contribution in [3.63, 3.8) is 0 Å². The van der Waals surface area contributed by atoms with Gasteiger partial charge in [0.05, 0.1) is 12.8 Å². The number of aryl methyl sites for hydroxylation is 1. The van der Waals surface area contributed by atoms with Gasteiger partial charge in [0.2, 0.25) is 0 Å². The molecule has 0 saturated heterocycles. The van der Waals surface area contributed by atoms with Gasteiger partial charge in [-0.2, -0.15) is 10.4 Å². The highest BCUT2D eigenvalue weighted by atomic mass is 35.5. The molecule has 0 aliphatic rings. The normalized spacial score (nSPS) is 10.7. The Balaban J connectivity index is 1.70. The van der Waals surface area contributed by atoms with Crippen molar-refractivity contribution in [3.05, 3.63) is 87.6 Å². The zero-order chi connectivity index (χ0) is 21.3. The van der Waals surface area contributed by atoms with Crippen LogP contribution in [0.25, 0.3) is 0 Å². The highest BCUT2D eigenvalue weighted by molar-refractivity contribution is 6.31. The summed E-state index contributed by atoms with van der Waals surface area (Å²) in [4.78, 5) is 4.37. The van der Waals surface area contributed by atoms with E-state index in [0.29, 0.717) is 35.4 Å². The molecule has 0 bridgehead atoms. The van der Waals surface area contributed by atoms with E-state index < -0.39 is 0 Å². The number of hydrogen-bond donors (Lipinski definition) is 1. The molecule has 30 heavy (non-hydrogen) atoms. The van der Waals surface area contributed by atoms with Gasteiger partial charge in [0.1, 0.15) is 24.0 Å². The summed E-state index contributed by atoms with van der Waals surface area (Å²) in [5.41, 5.74) is 6.56. The quantitative estimate of drug-likeness (QED) is 0.405. The third-order valence-electron chi connectivity index (χ3n) is 4.24. The van der Waals surface area contributed by atoms with Gasteiger partial charge in [-0.05, 0) is 36.8 Å². The Labute approximate surface area is 180 Å². The second kappa shape index (κ2) is 10.4. The molecule has 3 rings (SSSR count). The summed E-state index contributed by atoms with van der Waals surface area (Å²) in [5.74, 6) is 1.10. The van der Waals surface area contributed by atoms with Gasteiger partial charge in [-0.3, -0.25) is 5.43 Å². The summed E-state index contributed by atoms with van der Waals surface area (Å²) in [6.45, 7) is 2.56. The number of nitriles is 1. The maximum atomic E-state index is 9.48. The molecule has 3 aromatic rings. The molecule has 0 spiro atoms. The van der Waals surface area contributed by atoms with Gasteiger partial charge in [0.15, 0.2) is 5.82 Å². The van der Waals surface area contributed by atoms with E-state index in [1.807, 2.05) is 61.5 Å². The molecule has 0 radical (unpaired) electrons. The minimum Gasteiger partial charge on any atom is -0.489 e. The molecule has 0 saturated carbocycles. The van der Waals surface area contributed by atoms with Crippen LogP contribution in [0.5, 0.6) is 5.75 Å². The van der Waals surface area contributed by atoms with Crippen LogP contribution in [0.3, 0.4) is 0 Å². The van der Waals surface area contributed by atoms with Crippen LogP contribution in [0.1, 0.15) is 27.9 Å². The molecule has 0 aliphatic carbocycles. The largest absolute Gasteiger partial charge is 0.489 e. The van der Waals surface area contributed by atoms with Crippen LogP contribution in [0.4, 0.5) is 5.82 Å². The molecule has 1 heterocycles. The summed E-state index contributed by atoms with van der Waals surface area (Å²) in [6, 6.07) is 19.1. The first-order valence-electron chi connectivity index (χ1n) is 9.25. The zero-order valence-corrected chi connectivity index (χ0v) is 17.5. The zero-order valence-electron chi connectivity index (χ0n) is 16.7. The Morgan fingerprint density at radius 2 is 1.97 bits per heavy atom. The summed E-state index contributed by atoms with van der Waals surface area (Å²) in [5, 5.41) is 14.4. The van der Waals surface area contributed by atoms with Crippen molar-refractivity contribution < 1.29 is 9.47 Å². The number of hydrogen-bond acceptors (Lipinski definition) is 6. The lowest BCUT2D eigenvalue weighted by atomic mass is 10.1. The van der Waals surface area contributed by atoms with E-state index in [0.717, 1.165) is 22.4 Å². The molecular formula is C23H21ClN4O2. The number of methoxy groups -OCH3 is 1. The molecule has 2 aromatic carbocycles. The molecule has 7 heteroatoms. The minimum atomic E-state index is 0.329.